The lowest BCUT2D eigenvalue weighted by Gasteiger charge is -2.35. The molecule has 1 aromatic heterocycles. The predicted molar refractivity (Wildman–Crippen MR) is 89.4 cm³/mol. The summed E-state index contributed by atoms with van der Waals surface area (Å²) in [4.78, 5) is 4.55. The standard InChI is InChI=1S/C19H26N2/c1-14-6-3-7-15(2)18(14)21-13-11-17-9-4-8-16-10-5-12-20-19(16)17/h4-5,8-10,12,14-15,18,21H,3,6-7,11,13H2,1-2H3. The number of fused-ring (bicyclic) bond motifs is 1. The lowest BCUT2D eigenvalue weighted by Crippen LogP contribution is -2.43. The second kappa shape index (κ2) is 6.57. The third kappa shape index (κ3) is 3.26. The second-order valence-electron chi connectivity index (χ2n) is 6.61. The van der Waals surface area contributed by atoms with Crippen molar-refractivity contribution in [3.63, 3.8) is 0 Å². The average molecular weight is 282 g/mol. The minimum absolute atomic E-state index is 0.682. The monoisotopic (exact) mass is 282 g/mol. The quantitative estimate of drug-likeness (QED) is 0.909. The van der Waals surface area contributed by atoms with Gasteiger partial charge in [-0.2, -0.15) is 0 Å². The molecule has 2 heteroatoms. The van der Waals surface area contributed by atoms with Gasteiger partial charge in [0.1, 0.15) is 0 Å². The van der Waals surface area contributed by atoms with Gasteiger partial charge in [-0.25, -0.2) is 0 Å². The number of nitrogens with zero attached hydrogens (tertiary/aromatic N) is 1. The molecule has 2 nitrogen and oxygen atoms in total. The van der Waals surface area contributed by atoms with Crippen LogP contribution in [0.15, 0.2) is 36.5 Å². The molecule has 1 aliphatic carbocycles. The molecule has 0 radical (unpaired) electrons. The first-order chi connectivity index (χ1) is 10.3. The van der Waals surface area contributed by atoms with Gasteiger partial charge in [-0.15, -0.1) is 0 Å². The van der Waals surface area contributed by atoms with E-state index in [2.05, 4.69) is 48.4 Å². The van der Waals surface area contributed by atoms with Gasteiger partial charge >= 0.3 is 0 Å². The fourth-order valence-corrected chi connectivity index (χ4v) is 3.83. The average Bonchev–Trinajstić information content (AvgIpc) is 2.50. The summed E-state index contributed by atoms with van der Waals surface area (Å²) in [7, 11) is 0. The molecule has 112 valence electrons. The Morgan fingerprint density at radius 3 is 2.67 bits per heavy atom. The lowest BCUT2D eigenvalue weighted by atomic mass is 9.78. The summed E-state index contributed by atoms with van der Waals surface area (Å²) in [5.41, 5.74) is 2.52. The van der Waals surface area contributed by atoms with Crippen molar-refractivity contribution >= 4 is 10.9 Å². The van der Waals surface area contributed by atoms with Gasteiger partial charge in [0.05, 0.1) is 5.52 Å². The van der Waals surface area contributed by atoms with Crippen molar-refractivity contribution in [3.8, 4) is 0 Å². The molecule has 0 aliphatic heterocycles. The zero-order valence-electron chi connectivity index (χ0n) is 13.2. The van der Waals surface area contributed by atoms with Crippen molar-refractivity contribution in [1.29, 1.82) is 0 Å². The van der Waals surface area contributed by atoms with E-state index >= 15 is 0 Å². The van der Waals surface area contributed by atoms with Gasteiger partial charge in [0.25, 0.3) is 0 Å². The van der Waals surface area contributed by atoms with Crippen LogP contribution in [0.5, 0.6) is 0 Å². The van der Waals surface area contributed by atoms with E-state index in [4.69, 9.17) is 0 Å². The molecular formula is C19H26N2. The van der Waals surface area contributed by atoms with E-state index in [0.717, 1.165) is 30.3 Å². The molecule has 0 saturated heterocycles. The topological polar surface area (TPSA) is 24.9 Å². The van der Waals surface area contributed by atoms with Gasteiger partial charge in [-0.05, 0) is 49.3 Å². The van der Waals surface area contributed by atoms with E-state index in [-0.39, 0.29) is 0 Å². The summed E-state index contributed by atoms with van der Waals surface area (Å²) < 4.78 is 0. The normalized spacial score (nSPS) is 26.1. The van der Waals surface area contributed by atoms with Crippen LogP contribution in [-0.4, -0.2) is 17.6 Å². The van der Waals surface area contributed by atoms with E-state index in [1.165, 1.54) is 30.2 Å². The summed E-state index contributed by atoms with van der Waals surface area (Å²) in [6, 6.07) is 11.3. The molecule has 0 spiro atoms. The molecule has 2 atom stereocenters. The first-order valence-corrected chi connectivity index (χ1v) is 8.31. The molecule has 21 heavy (non-hydrogen) atoms. The highest BCUT2D eigenvalue weighted by atomic mass is 14.9. The number of hydrogen-bond acceptors (Lipinski definition) is 2. The number of aromatic nitrogens is 1. The predicted octanol–water partition coefficient (Wildman–Crippen LogP) is 4.19. The minimum Gasteiger partial charge on any atom is -0.313 e. The van der Waals surface area contributed by atoms with Crippen LogP contribution in [0.25, 0.3) is 10.9 Å². The highest BCUT2D eigenvalue weighted by molar-refractivity contribution is 5.81. The van der Waals surface area contributed by atoms with Crippen LogP contribution in [0.2, 0.25) is 0 Å². The summed E-state index contributed by atoms with van der Waals surface area (Å²) in [5, 5.41) is 5.05. The number of nitrogens with one attached hydrogen (secondary N) is 1. The molecule has 1 N–H and O–H groups in total. The minimum atomic E-state index is 0.682. The third-order valence-corrected chi connectivity index (χ3v) is 5.04. The van der Waals surface area contributed by atoms with Gasteiger partial charge in [0.2, 0.25) is 0 Å². The van der Waals surface area contributed by atoms with E-state index in [1.54, 1.807) is 0 Å². The maximum absolute atomic E-state index is 4.55. The molecular weight excluding hydrogens is 256 g/mol. The maximum atomic E-state index is 4.55. The Balaban J connectivity index is 1.64. The van der Waals surface area contributed by atoms with Crippen LogP contribution in [-0.2, 0) is 6.42 Å². The van der Waals surface area contributed by atoms with Crippen molar-refractivity contribution in [1.82, 2.24) is 10.3 Å². The highest BCUT2D eigenvalue weighted by Crippen LogP contribution is 2.28. The molecule has 2 aromatic rings. The smallest absolute Gasteiger partial charge is 0.0734 e. The Kier molecular flexibility index (Phi) is 4.54. The molecule has 2 unspecified atom stereocenters. The largest absolute Gasteiger partial charge is 0.313 e. The number of benzene rings is 1. The van der Waals surface area contributed by atoms with Crippen molar-refractivity contribution in [2.24, 2.45) is 11.8 Å². The van der Waals surface area contributed by atoms with Crippen LogP contribution in [0, 0.1) is 11.8 Å². The van der Waals surface area contributed by atoms with Crippen LogP contribution in [0.1, 0.15) is 38.7 Å². The molecule has 3 rings (SSSR count). The molecule has 1 heterocycles. The summed E-state index contributed by atoms with van der Waals surface area (Å²) >= 11 is 0. The Bertz CT molecular complexity index is 578. The third-order valence-electron chi connectivity index (χ3n) is 5.04. The van der Waals surface area contributed by atoms with E-state index in [0.29, 0.717) is 6.04 Å². The van der Waals surface area contributed by atoms with Crippen molar-refractivity contribution in [2.75, 3.05) is 6.54 Å². The van der Waals surface area contributed by atoms with Gasteiger partial charge in [0.15, 0.2) is 0 Å². The number of rotatable bonds is 4. The van der Waals surface area contributed by atoms with Gasteiger partial charge in [-0.1, -0.05) is 44.5 Å². The highest BCUT2D eigenvalue weighted by Gasteiger charge is 2.26. The molecule has 1 aromatic carbocycles. The van der Waals surface area contributed by atoms with Crippen molar-refractivity contribution in [3.05, 3.63) is 42.1 Å². The van der Waals surface area contributed by atoms with Crippen LogP contribution < -0.4 is 5.32 Å². The lowest BCUT2D eigenvalue weighted by molar-refractivity contribution is 0.210. The fraction of sp³-hybridized carbons (Fsp3) is 0.526. The Morgan fingerprint density at radius 2 is 1.86 bits per heavy atom. The Labute approximate surface area is 128 Å². The molecule has 1 aliphatic rings. The molecule has 1 saturated carbocycles. The zero-order chi connectivity index (χ0) is 14.7. The first kappa shape index (κ1) is 14.5. The summed E-state index contributed by atoms with van der Waals surface area (Å²) in [6.07, 6.45) is 7.10. The molecule has 0 amide bonds. The van der Waals surface area contributed by atoms with E-state index < -0.39 is 0 Å². The Morgan fingerprint density at radius 1 is 1.10 bits per heavy atom. The van der Waals surface area contributed by atoms with Crippen molar-refractivity contribution in [2.45, 2.75) is 45.6 Å². The van der Waals surface area contributed by atoms with E-state index in [1.807, 2.05) is 12.3 Å². The molecule has 1 fully saturated rings. The van der Waals surface area contributed by atoms with Crippen LogP contribution >= 0.6 is 0 Å². The maximum Gasteiger partial charge on any atom is 0.0734 e. The van der Waals surface area contributed by atoms with Gasteiger partial charge in [-0.3, -0.25) is 4.98 Å². The zero-order valence-corrected chi connectivity index (χ0v) is 13.2. The number of hydrogen-bond donors (Lipinski definition) is 1. The summed E-state index contributed by atoms with van der Waals surface area (Å²) in [6.45, 7) is 5.84. The summed E-state index contributed by atoms with van der Waals surface area (Å²) in [5.74, 6) is 1.61. The SMILES string of the molecule is CC1CCCC(C)C1NCCc1cccc2cccnc12. The van der Waals surface area contributed by atoms with Crippen molar-refractivity contribution < 1.29 is 0 Å². The van der Waals surface area contributed by atoms with E-state index in [9.17, 15) is 0 Å². The fourth-order valence-electron chi connectivity index (χ4n) is 3.83. The van der Waals surface area contributed by atoms with Crippen LogP contribution in [0.4, 0.5) is 0 Å². The Hall–Kier alpha value is -1.41. The molecule has 0 bridgehead atoms. The van der Waals surface area contributed by atoms with Gasteiger partial charge in [0, 0.05) is 17.6 Å². The second-order valence-corrected chi connectivity index (χ2v) is 6.61. The number of pyridine rings is 1. The number of para-hydroxylation sites is 1. The first-order valence-electron chi connectivity index (χ1n) is 8.31. The van der Waals surface area contributed by atoms with Crippen LogP contribution in [0.3, 0.4) is 0 Å². The van der Waals surface area contributed by atoms with Gasteiger partial charge < -0.3 is 5.32 Å².